The molecule has 5 heteroatoms. The average molecular weight is 248 g/mol. The van der Waals surface area contributed by atoms with Crippen LogP contribution in [-0.2, 0) is 0 Å². The molecule has 1 saturated heterocycles. The van der Waals surface area contributed by atoms with Gasteiger partial charge in [0.1, 0.15) is 0 Å². The summed E-state index contributed by atoms with van der Waals surface area (Å²) in [5.41, 5.74) is 1.89. The molecule has 1 fully saturated rings. The normalized spacial score (nSPS) is 19.6. The lowest BCUT2D eigenvalue weighted by Gasteiger charge is -2.14. The third-order valence-electron chi connectivity index (χ3n) is 3.13. The second-order valence-corrected chi connectivity index (χ2v) is 4.67. The van der Waals surface area contributed by atoms with Gasteiger partial charge in [-0.3, -0.25) is 0 Å². The van der Waals surface area contributed by atoms with E-state index in [0.29, 0.717) is 6.04 Å². The topological polar surface area (TPSA) is 56.4 Å². The van der Waals surface area contributed by atoms with E-state index in [9.17, 15) is 4.79 Å². The van der Waals surface area contributed by atoms with Crippen molar-refractivity contribution in [1.82, 2.24) is 10.2 Å². The number of anilines is 2. The zero-order valence-corrected chi connectivity index (χ0v) is 10.9. The number of likely N-dealkylation sites (N-methyl/N-ethyl adjacent to an activating group) is 1. The second kappa shape index (κ2) is 5.73. The summed E-state index contributed by atoms with van der Waals surface area (Å²) in [7, 11) is 3.74. The van der Waals surface area contributed by atoms with Crippen LogP contribution in [0.25, 0.3) is 0 Å². The summed E-state index contributed by atoms with van der Waals surface area (Å²) >= 11 is 0. The molecule has 3 N–H and O–H groups in total. The van der Waals surface area contributed by atoms with E-state index in [0.717, 1.165) is 24.5 Å². The maximum absolute atomic E-state index is 11.1. The highest BCUT2D eigenvalue weighted by atomic mass is 16.2. The lowest BCUT2D eigenvalue weighted by molar-refractivity contribution is 0.254. The monoisotopic (exact) mass is 248 g/mol. The van der Waals surface area contributed by atoms with Crippen molar-refractivity contribution in [3.63, 3.8) is 0 Å². The average Bonchev–Trinajstić information content (AvgIpc) is 2.77. The molecular weight excluding hydrogens is 228 g/mol. The molecule has 18 heavy (non-hydrogen) atoms. The Kier molecular flexibility index (Phi) is 4.04. The van der Waals surface area contributed by atoms with Crippen molar-refractivity contribution in [3.05, 3.63) is 24.3 Å². The van der Waals surface area contributed by atoms with Crippen LogP contribution in [0.5, 0.6) is 0 Å². The molecule has 1 aliphatic heterocycles. The molecule has 2 rings (SSSR count). The molecule has 0 bridgehead atoms. The van der Waals surface area contributed by atoms with Crippen molar-refractivity contribution in [2.45, 2.75) is 12.5 Å². The van der Waals surface area contributed by atoms with E-state index in [2.05, 4.69) is 27.9 Å². The molecule has 1 atom stereocenters. The lowest BCUT2D eigenvalue weighted by atomic mass is 10.2. The van der Waals surface area contributed by atoms with Gasteiger partial charge in [0.15, 0.2) is 0 Å². The number of hydrogen-bond acceptors (Lipinski definition) is 3. The smallest absolute Gasteiger partial charge is 0.318 e. The number of likely N-dealkylation sites (tertiary alicyclic amines) is 1. The highest BCUT2D eigenvalue weighted by Crippen LogP contribution is 2.17. The molecule has 0 spiro atoms. The number of carbonyl (C=O) groups excluding carboxylic acids is 1. The Hall–Kier alpha value is -1.75. The second-order valence-electron chi connectivity index (χ2n) is 4.67. The summed E-state index contributed by atoms with van der Waals surface area (Å²) < 4.78 is 0. The van der Waals surface area contributed by atoms with Gasteiger partial charge in [-0.2, -0.15) is 0 Å². The van der Waals surface area contributed by atoms with E-state index in [1.54, 1.807) is 7.05 Å². The predicted molar refractivity (Wildman–Crippen MR) is 74.0 cm³/mol. The van der Waals surface area contributed by atoms with Crippen LogP contribution < -0.4 is 16.0 Å². The van der Waals surface area contributed by atoms with Crippen molar-refractivity contribution in [2.75, 3.05) is 37.8 Å². The Balaban J connectivity index is 1.89. The summed E-state index contributed by atoms with van der Waals surface area (Å²) in [6.45, 7) is 2.23. The Morgan fingerprint density at radius 2 is 1.94 bits per heavy atom. The Labute approximate surface area is 108 Å². The van der Waals surface area contributed by atoms with E-state index in [1.165, 1.54) is 6.42 Å². The molecular formula is C13H20N4O. The quantitative estimate of drug-likeness (QED) is 0.761. The predicted octanol–water partition coefficient (Wildman–Crippen LogP) is 1.55. The van der Waals surface area contributed by atoms with Crippen molar-refractivity contribution in [1.29, 1.82) is 0 Å². The summed E-state index contributed by atoms with van der Waals surface area (Å²) in [6, 6.07) is 8.10. The third-order valence-corrected chi connectivity index (χ3v) is 3.13. The number of nitrogens with zero attached hydrogens (tertiary/aromatic N) is 1. The molecule has 1 heterocycles. The van der Waals surface area contributed by atoms with Gasteiger partial charge in [0.2, 0.25) is 0 Å². The highest BCUT2D eigenvalue weighted by Gasteiger charge is 2.18. The highest BCUT2D eigenvalue weighted by molar-refractivity contribution is 5.89. The molecule has 0 radical (unpaired) electrons. The Morgan fingerprint density at radius 3 is 2.50 bits per heavy atom. The Bertz CT molecular complexity index is 404. The Morgan fingerprint density at radius 1 is 1.28 bits per heavy atom. The van der Waals surface area contributed by atoms with Gasteiger partial charge in [-0.25, -0.2) is 4.79 Å². The van der Waals surface area contributed by atoms with E-state index >= 15 is 0 Å². The van der Waals surface area contributed by atoms with E-state index in [4.69, 9.17) is 0 Å². The first kappa shape index (κ1) is 12.7. The van der Waals surface area contributed by atoms with E-state index < -0.39 is 0 Å². The number of carbonyl (C=O) groups is 1. The fourth-order valence-corrected chi connectivity index (χ4v) is 2.13. The van der Waals surface area contributed by atoms with Crippen LogP contribution in [0, 0.1) is 0 Å². The van der Waals surface area contributed by atoms with Gasteiger partial charge >= 0.3 is 6.03 Å². The minimum absolute atomic E-state index is 0.201. The maximum atomic E-state index is 11.1. The first-order valence-corrected chi connectivity index (χ1v) is 6.21. The molecule has 1 aliphatic rings. The minimum Gasteiger partial charge on any atom is -0.381 e. The fraction of sp³-hybridized carbons (Fsp3) is 0.462. The van der Waals surface area contributed by atoms with Crippen molar-refractivity contribution in [3.8, 4) is 0 Å². The number of urea groups is 1. The van der Waals surface area contributed by atoms with Crippen LogP contribution >= 0.6 is 0 Å². The molecule has 0 aliphatic carbocycles. The van der Waals surface area contributed by atoms with Gasteiger partial charge in [0.25, 0.3) is 0 Å². The van der Waals surface area contributed by atoms with Gasteiger partial charge in [-0.15, -0.1) is 0 Å². The largest absolute Gasteiger partial charge is 0.381 e. The molecule has 1 unspecified atom stereocenters. The van der Waals surface area contributed by atoms with Crippen LogP contribution in [0.15, 0.2) is 24.3 Å². The van der Waals surface area contributed by atoms with Crippen LogP contribution in [0.4, 0.5) is 16.2 Å². The first-order chi connectivity index (χ1) is 8.67. The molecule has 0 aromatic heterocycles. The molecule has 0 saturated carbocycles. The molecule has 5 nitrogen and oxygen atoms in total. The van der Waals surface area contributed by atoms with Gasteiger partial charge in [-0.1, -0.05) is 0 Å². The van der Waals surface area contributed by atoms with Gasteiger partial charge < -0.3 is 20.9 Å². The standard InChI is InChI=1S/C13H20N4O/c1-14-13(18)16-11-5-3-10(4-6-11)15-12-7-8-17(2)9-12/h3-6,12,15H,7-9H2,1-2H3,(H2,14,16,18). The van der Waals surface area contributed by atoms with Gasteiger partial charge in [0.05, 0.1) is 0 Å². The number of amides is 2. The fourth-order valence-electron chi connectivity index (χ4n) is 2.13. The maximum Gasteiger partial charge on any atom is 0.318 e. The zero-order chi connectivity index (χ0) is 13.0. The van der Waals surface area contributed by atoms with Crippen LogP contribution in [0.2, 0.25) is 0 Å². The molecule has 1 aromatic rings. The number of nitrogens with one attached hydrogen (secondary N) is 3. The third kappa shape index (κ3) is 3.37. The van der Waals surface area contributed by atoms with Gasteiger partial charge in [0, 0.05) is 31.0 Å². The number of rotatable bonds is 3. The van der Waals surface area contributed by atoms with Gasteiger partial charge in [-0.05, 0) is 44.3 Å². The van der Waals surface area contributed by atoms with Crippen molar-refractivity contribution < 1.29 is 4.79 Å². The number of hydrogen-bond donors (Lipinski definition) is 3. The first-order valence-electron chi connectivity index (χ1n) is 6.21. The van der Waals surface area contributed by atoms with Crippen molar-refractivity contribution in [2.24, 2.45) is 0 Å². The van der Waals surface area contributed by atoms with Crippen LogP contribution in [-0.4, -0.2) is 44.2 Å². The minimum atomic E-state index is -0.201. The summed E-state index contributed by atoms with van der Waals surface area (Å²) in [5.74, 6) is 0. The van der Waals surface area contributed by atoms with Crippen LogP contribution in [0.3, 0.4) is 0 Å². The lowest BCUT2D eigenvalue weighted by Crippen LogP contribution is -2.24. The summed E-state index contributed by atoms with van der Waals surface area (Å²) in [4.78, 5) is 13.5. The molecule has 98 valence electrons. The zero-order valence-electron chi connectivity index (χ0n) is 10.9. The molecule has 1 aromatic carbocycles. The SMILES string of the molecule is CNC(=O)Nc1ccc(NC2CCN(C)C2)cc1. The van der Waals surface area contributed by atoms with E-state index in [-0.39, 0.29) is 6.03 Å². The summed E-state index contributed by atoms with van der Waals surface area (Å²) in [5, 5.41) is 8.75. The summed E-state index contributed by atoms with van der Waals surface area (Å²) in [6.07, 6.45) is 1.18. The van der Waals surface area contributed by atoms with E-state index in [1.807, 2.05) is 24.3 Å². The molecule has 2 amide bonds. The van der Waals surface area contributed by atoms with Crippen molar-refractivity contribution >= 4 is 17.4 Å². The van der Waals surface area contributed by atoms with Crippen LogP contribution in [0.1, 0.15) is 6.42 Å². The number of benzene rings is 1.